The van der Waals surface area contributed by atoms with Crippen LogP contribution in [0.2, 0.25) is 5.02 Å². The molecule has 2 amide bonds. The summed E-state index contributed by atoms with van der Waals surface area (Å²) >= 11 is 6.79. The quantitative estimate of drug-likeness (QED) is 0.589. The zero-order valence-corrected chi connectivity index (χ0v) is 22.3. The molecule has 2 fully saturated rings. The number of amides is 2. The zero-order chi connectivity index (χ0) is 27.4. The summed E-state index contributed by atoms with van der Waals surface area (Å²) in [6.07, 6.45) is 1.80. The van der Waals surface area contributed by atoms with Crippen molar-refractivity contribution < 1.29 is 28.6 Å². The SMILES string of the molecule is C=CC(=O)N1CCN2C(=O)c3c(N4CC(OC)CC4(C)C)nc(-c4c(O)cccc4F)c(Cl)c3OC[C@H]2C1. The lowest BCUT2D eigenvalue weighted by molar-refractivity contribution is -0.128. The molecule has 1 aromatic carbocycles. The first-order valence-electron chi connectivity index (χ1n) is 12.4. The van der Waals surface area contributed by atoms with Gasteiger partial charge in [0.25, 0.3) is 5.91 Å². The molecule has 2 aromatic rings. The van der Waals surface area contributed by atoms with Gasteiger partial charge in [-0.3, -0.25) is 9.59 Å². The number of fused-ring (bicyclic) bond motifs is 2. The highest BCUT2D eigenvalue weighted by atomic mass is 35.5. The molecule has 2 atom stereocenters. The van der Waals surface area contributed by atoms with Crippen molar-refractivity contribution in [1.82, 2.24) is 14.8 Å². The minimum absolute atomic E-state index is 0.0242. The van der Waals surface area contributed by atoms with Crippen LogP contribution in [0.1, 0.15) is 30.6 Å². The third-order valence-corrected chi connectivity index (χ3v) is 7.95. The van der Waals surface area contributed by atoms with E-state index in [-0.39, 0.29) is 70.2 Å². The van der Waals surface area contributed by atoms with Crippen LogP contribution in [0.4, 0.5) is 10.2 Å². The highest BCUT2D eigenvalue weighted by Gasteiger charge is 2.45. The Balaban J connectivity index is 1.70. The van der Waals surface area contributed by atoms with E-state index in [0.717, 1.165) is 0 Å². The maximum absolute atomic E-state index is 15.0. The van der Waals surface area contributed by atoms with Gasteiger partial charge in [-0.05, 0) is 38.5 Å². The van der Waals surface area contributed by atoms with E-state index in [9.17, 15) is 14.7 Å². The number of pyridine rings is 1. The number of hydrogen-bond acceptors (Lipinski definition) is 7. The number of benzene rings is 1. The molecule has 0 spiro atoms. The van der Waals surface area contributed by atoms with E-state index in [4.69, 9.17) is 26.1 Å². The van der Waals surface area contributed by atoms with Crippen LogP contribution in [0.3, 0.4) is 0 Å². The van der Waals surface area contributed by atoms with Gasteiger partial charge < -0.3 is 29.3 Å². The van der Waals surface area contributed by atoms with Crippen LogP contribution in [0.5, 0.6) is 11.5 Å². The van der Waals surface area contributed by atoms with Crippen LogP contribution < -0.4 is 9.64 Å². The number of anilines is 1. The van der Waals surface area contributed by atoms with Gasteiger partial charge in [0.15, 0.2) is 5.75 Å². The Labute approximate surface area is 225 Å². The highest BCUT2D eigenvalue weighted by Crippen LogP contribution is 2.48. The van der Waals surface area contributed by atoms with Gasteiger partial charge in [-0.1, -0.05) is 24.2 Å². The molecule has 0 saturated carbocycles. The van der Waals surface area contributed by atoms with Crippen LogP contribution in [0.25, 0.3) is 11.3 Å². The lowest BCUT2D eigenvalue weighted by atomic mass is 9.99. The van der Waals surface area contributed by atoms with E-state index >= 15 is 4.39 Å². The topological polar surface area (TPSA) is 95.4 Å². The van der Waals surface area contributed by atoms with E-state index in [1.54, 1.807) is 16.9 Å². The van der Waals surface area contributed by atoms with Crippen molar-refractivity contribution in [3.63, 3.8) is 0 Å². The molecule has 11 heteroatoms. The Morgan fingerprint density at radius 2 is 2.08 bits per heavy atom. The molecular weight excluding hydrogens is 515 g/mol. The van der Waals surface area contributed by atoms with Crippen molar-refractivity contribution in [1.29, 1.82) is 0 Å². The Kier molecular flexibility index (Phi) is 6.73. The van der Waals surface area contributed by atoms with Crippen LogP contribution in [0, 0.1) is 5.82 Å². The van der Waals surface area contributed by atoms with Crippen molar-refractivity contribution in [3.05, 3.63) is 47.3 Å². The fraction of sp³-hybridized carbons (Fsp3) is 0.444. The summed E-state index contributed by atoms with van der Waals surface area (Å²) in [6, 6.07) is 3.50. The number of methoxy groups -OCH3 is 1. The number of phenolic OH excluding ortho intramolecular Hbond substituents is 1. The van der Waals surface area contributed by atoms with Crippen molar-refractivity contribution in [2.24, 2.45) is 0 Å². The first-order valence-corrected chi connectivity index (χ1v) is 12.8. The molecule has 1 aromatic heterocycles. The molecule has 38 heavy (non-hydrogen) atoms. The maximum Gasteiger partial charge on any atom is 0.261 e. The molecule has 5 rings (SSSR count). The number of hydrogen-bond donors (Lipinski definition) is 1. The van der Waals surface area contributed by atoms with Crippen LogP contribution in [0.15, 0.2) is 30.9 Å². The standard InChI is InChI=1S/C27H30ClFN4O5/c1-5-19(35)31-9-10-32-15(12-31)14-38-24-21(26(32)36)25(33-13-16(37-4)11-27(33,2)3)30-23(22(24)28)20-17(29)7-6-8-18(20)34/h5-8,15-16,34H,1,9-14H2,2-4H3/t15-,16?/m1/s1. The molecule has 1 unspecified atom stereocenters. The van der Waals surface area contributed by atoms with Crippen LogP contribution in [-0.4, -0.2) is 89.3 Å². The third-order valence-electron chi connectivity index (χ3n) is 7.60. The van der Waals surface area contributed by atoms with Crippen molar-refractivity contribution in [3.8, 4) is 22.8 Å². The second-order valence-electron chi connectivity index (χ2n) is 10.4. The highest BCUT2D eigenvalue weighted by molar-refractivity contribution is 6.35. The molecule has 3 aliphatic rings. The number of rotatable bonds is 4. The van der Waals surface area contributed by atoms with E-state index < -0.39 is 17.4 Å². The first-order chi connectivity index (χ1) is 18.1. The number of carbonyl (C=O) groups excluding carboxylic acids is 2. The number of aromatic nitrogens is 1. The molecule has 0 radical (unpaired) electrons. The minimum atomic E-state index is -0.711. The molecule has 202 valence electrons. The second-order valence-corrected chi connectivity index (χ2v) is 10.8. The van der Waals surface area contributed by atoms with Gasteiger partial charge >= 0.3 is 0 Å². The lowest BCUT2D eigenvalue weighted by Gasteiger charge is -2.40. The average molecular weight is 545 g/mol. The zero-order valence-electron chi connectivity index (χ0n) is 21.5. The summed E-state index contributed by atoms with van der Waals surface area (Å²) in [7, 11) is 1.63. The van der Waals surface area contributed by atoms with E-state index in [2.05, 4.69) is 6.58 Å². The predicted octanol–water partition coefficient (Wildman–Crippen LogP) is 3.48. The number of nitrogens with zero attached hydrogens (tertiary/aromatic N) is 4. The van der Waals surface area contributed by atoms with Gasteiger partial charge in [0.2, 0.25) is 5.91 Å². The molecule has 0 aliphatic carbocycles. The predicted molar refractivity (Wildman–Crippen MR) is 140 cm³/mol. The van der Waals surface area contributed by atoms with Crippen molar-refractivity contribution in [2.75, 3.05) is 44.8 Å². The second kappa shape index (κ2) is 9.74. The van der Waals surface area contributed by atoms with Crippen molar-refractivity contribution in [2.45, 2.75) is 38.0 Å². The summed E-state index contributed by atoms with van der Waals surface area (Å²) in [6.45, 7) is 9.00. The largest absolute Gasteiger partial charge is 0.507 e. The number of piperazine rings is 1. The van der Waals surface area contributed by atoms with Gasteiger partial charge in [-0.15, -0.1) is 0 Å². The summed E-state index contributed by atoms with van der Waals surface area (Å²) in [5.41, 5.74) is -0.498. The number of phenols is 1. The van der Waals surface area contributed by atoms with Gasteiger partial charge in [0.05, 0.1) is 17.7 Å². The number of ether oxygens (including phenoxy) is 2. The van der Waals surface area contributed by atoms with Gasteiger partial charge in [0, 0.05) is 38.8 Å². The van der Waals surface area contributed by atoms with E-state index in [0.29, 0.717) is 26.1 Å². The summed E-state index contributed by atoms with van der Waals surface area (Å²) in [4.78, 5) is 36.4. The molecule has 0 bridgehead atoms. The molecule has 2 saturated heterocycles. The number of halogens is 2. The summed E-state index contributed by atoms with van der Waals surface area (Å²) < 4.78 is 26.8. The third kappa shape index (κ3) is 4.25. The summed E-state index contributed by atoms with van der Waals surface area (Å²) in [5.74, 6) is -1.25. The fourth-order valence-corrected chi connectivity index (χ4v) is 5.88. The first kappa shape index (κ1) is 26.2. The van der Waals surface area contributed by atoms with Crippen LogP contribution in [-0.2, 0) is 9.53 Å². The number of carbonyl (C=O) groups is 2. The van der Waals surface area contributed by atoms with E-state index in [1.165, 1.54) is 24.3 Å². The lowest BCUT2D eigenvalue weighted by Crippen LogP contribution is -2.57. The average Bonchev–Trinajstić information content (AvgIpc) is 3.12. The molecule has 4 heterocycles. The Morgan fingerprint density at radius 1 is 1.32 bits per heavy atom. The minimum Gasteiger partial charge on any atom is -0.507 e. The fourth-order valence-electron chi connectivity index (χ4n) is 5.60. The van der Waals surface area contributed by atoms with Crippen LogP contribution >= 0.6 is 11.6 Å². The smallest absolute Gasteiger partial charge is 0.261 e. The van der Waals surface area contributed by atoms with Gasteiger partial charge in [0.1, 0.15) is 40.3 Å². The maximum atomic E-state index is 15.0. The number of aromatic hydroxyl groups is 1. The molecule has 3 aliphatic heterocycles. The van der Waals surface area contributed by atoms with Gasteiger partial charge in [-0.2, -0.15) is 0 Å². The Bertz CT molecular complexity index is 1300. The van der Waals surface area contributed by atoms with Crippen molar-refractivity contribution >= 4 is 29.2 Å². The Morgan fingerprint density at radius 3 is 2.74 bits per heavy atom. The molecular formula is C27H30ClFN4O5. The monoisotopic (exact) mass is 544 g/mol. The molecule has 1 N–H and O–H groups in total. The molecule has 9 nitrogen and oxygen atoms in total. The normalized spacial score (nSPS) is 22.4. The van der Waals surface area contributed by atoms with Gasteiger partial charge in [-0.25, -0.2) is 9.37 Å². The summed E-state index contributed by atoms with van der Waals surface area (Å²) in [5, 5.41) is 10.5. The Hall–Kier alpha value is -3.37. The van der Waals surface area contributed by atoms with E-state index in [1.807, 2.05) is 18.7 Å².